The van der Waals surface area contributed by atoms with Crippen molar-refractivity contribution in [1.29, 1.82) is 5.26 Å². The highest BCUT2D eigenvalue weighted by molar-refractivity contribution is 9.10. The topological polar surface area (TPSA) is 49.8 Å². The van der Waals surface area contributed by atoms with Crippen molar-refractivity contribution < 1.29 is 0 Å². The molecule has 1 aromatic rings. The fourth-order valence-electron chi connectivity index (χ4n) is 1.39. The maximum Gasteiger partial charge on any atom is 0.0775 e. The highest BCUT2D eigenvalue weighted by Gasteiger charge is 2.49. The average Bonchev–Trinajstić information content (AvgIpc) is 2.82. The lowest BCUT2D eigenvalue weighted by molar-refractivity contribution is 0.527. The molecule has 68 valence electrons. The number of nitriles is 1. The molecule has 0 amide bonds. The van der Waals surface area contributed by atoms with Gasteiger partial charge >= 0.3 is 0 Å². The van der Waals surface area contributed by atoms with Gasteiger partial charge in [-0.3, -0.25) is 0 Å². The van der Waals surface area contributed by atoms with E-state index in [4.69, 9.17) is 11.0 Å². The molecule has 2 nitrogen and oxygen atoms in total. The van der Waals surface area contributed by atoms with E-state index in [9.17, 15) is 0 Å². The molecule has 1 atom stereocenters. The van der Waals surface area contributed by atoms with Crippen LogP contribution in [0.4, 0.5) is 0 Å². The van der Waals surface area contributed by atoms with Gasteiger partial charge in [0, 0.05) is 14.7 Å². The van der Waals surface area contributed by atoms with E-state index in [1.54, 1.807) is 11.3 Å². The van der Waals surface area contributed by atoms with Gasteiger partial charge in [0.05, 0.1) is 17.5 Å². The van der Waals surface area contributed by atoms with Gasteiger partial charge < -0.3 is 5.73 Å². The van der Waals surface area contributed by atoms with Gasteiger partial charge in [-0.05, 0) is 34.8 Å². The van der Waals surface area contributed by atoms with Gasteiger partial charge in [0.25, 0.3) is 0 Å². The highest BCUT2D eigenvalue weighted by atomic mass is 79.9. The molecule has 0 bridgehead atoms. The third-order valence-electron chi connectivity index (χ3n) is 2.50. The number of hydrogen-bond donors (Lipinski definition) is 1. The SMILES string of the molecule is N#CC1(C(N)c2cc(Br)cs2)CC1. The molecule has 2 rings (SSSR count). The average molecular weight is 257 g/mol. The molecule has 0 spiro atoms. The van der Waals surface area contributed by atoms with Crippen molar-refractivity contribution in [1.82, 2.24) is 0 Å². The summed E-state index contributed by atoms with van der Waals surface area (Å²) < 4.78 is 1.05. The summed E-state index contributed by atoms with van der Waals surface area (Å²) in [5.41, 5.74) is 5.77. The number of nitrogens with zero attached hydrogens (tertiary/aromatic N) is 1. The van der Waals surface area contributed by atoms with Crippen molar-refractivity contribution in [3.05, 3.63) is 20.8 Å². The molecule has 1 aromatic heterocycles. The van der Waals surface area contributed by atoms with Gasteiger partial charge in [0.1, 0.15) is 0 Å². The first-order valence-electron chi connectivity index (χ1n) is 4.09. The van der Waals surface area contributed by atoms with Crippen LogP contribution in [0.1, 0.15) is 23.8 Å². The van der Waals surface area contributed by atoms with Crippen LogP contribution in [-0.2, 0) is 0 Å². The summed E-state index contributed by atoms with van der Waals surface area (Å²) in [4.78, 5) is 1.10. The van der Waals surface area contributed by atoms with Crippen LogP contribution in [0.5, 0.6) is 0 Å². The Kier molecular flexibility index (Phi) is 2.18. The van der Waals surface area contributed by atoms with Crippen LogP contribution in [0.15, 0.2) is 15.9 Å². The van der Waals surface area contributed by atoms with E-state index in [1.807, 2.05) is 11.4 Å². The normalized spacial score (nSPS) is 20.7. The molecule has 1 saturated carbocycles. The molecule has 1 unspecified atom stereocenters. The summed E-state index contributed by atoms with van der Waals surface area (Å²) in [5, 5.41) is 11.0. The summed E-state index contributed by atoms with van der Waals surface area (Å²) in [5.74, 6) is 0. The highest BCUT2D eigenvalue weighted by Crippen LogP contribution is 2.54. The maximum absolute atomic E-state index is 8.96. The molecule has 1 fully saturated rings. The summed E-state index contributed by atoms with van der Waals surface area (Å²) in [6, 6.07) is 4.23. The first kappa shape index (κ1) is 9.20. The summed E-state index contributed by atoms with van der Waals surface area (Å²) >= 11 is 5.00. The van der Waals surface area contributed by atoms with E-state index in [-0.39, 0.29) is 11.5 Å². The van der Waals surface area contributed by atoms with E-state index >= 15 is 0 Å². The Morgan fingerprint density at radius 3 is 2.77 bits per heavy atom. The molecule has 4 heteroatoms. The predicted molar refractivity (Wildman–Crippen MR) is 56.2 cm³/mol. The van der Waals surface area contributed by atoms with Crippen LogP contribution in [0, 0.1) is 16.7 Å². The third kappa shape index (κ3) is 1.52. The molecule has 1 aliphatic carbocycles. The Bertz CT molecular complexity index is 362. The quantitative estimate of drug-likeness (QED) is 0.885. The van der Waals surface area contributed by atoms with Gasteiger partial charge in [-0.15, -0.1) is 11.3 Å². The Morgan fingerprint density at radius 1 is 1.69 bits per heavy atom. The lowest BCUT2D eigenvalue weighted by Crippen LogP contribution is -2.20. The lowest BCUT2D eigenvalue weighted by atomic mass is 9.98. The van der Waals surface area contributed by atoms with E-state index in [0.29, 0.717) is 0 Å². The molecule has 13 heavy (non-hydrogen) atoms. The largest absolute Gasteiger partial charge is 0.322 e. The number of halogens is 1. The zero-order chi connectivity index (χ0) is 9.47. The van der Waals surface area contributed by atoms with E-state index in [2.05, 4.69) is 22.0 Å². The molecule has 1 heterocycles. The van der Waals surface area contributed by atoms with Crippen LogP contribution in [-0.4, -0.2) is 0 Å². The molecule has 2 N–H and O–H groups in total. The zero-order valence-corrected chi connectivity index (χ0v) is 9.36. The molecule has 0 aromatic carbocycles. The lowest BCUT2D eigenvalue weighted by Gasteiger charge is -2.13. The minimum Gasteiger partial charge on any atom is -0.322 e. The second kappa shape index (κ2) is 3.09. The second-order valence-electron chi connectivity index (χ2n) is 3.41. The number of rotatable bonds is 2. The monoisotopic (exact) mass is 256 g/mol. The maximum atomic E-state index is 8.96. The molecule has 0 aliphatic heterocycles. The van der Waals surface area contributed by atoms with Crippen molar-refractivity contribution in [3.63, 3.8) is 0 Å². The minimum atomic E-state index is -0.260. The number of hydrogen-bond acceptors (Lipinski definition) is 3. The first-order valence-corrected chi connectivity index (χ1v) is 5.76. The number of thiophene rings is 1. The van der Waals surface area contributed by atoms with E-state index in [0.717, 1.165) is 22.2 Å². The van der Waals surface area contributed by atoms with Crippen LogP contribution in [0.2, 0.25) is 0 Å². The first-order chi connectivity index (χ1) is 6.18. The Balaban J connectivity index is 2.23. The molecular weight excluding hydrogens is 248 g/mol. The summed E-state index contributed by atoms with van der Waals surface area (Å²) in [7, 11) is 0. The third-order valence-corrected chi connectivity index (χ3v) is 4.28. The van der Waals surface area contributed by atoms with Crippen LogP contribution < -0.4 is 5.73 Å². The Hall–Kier alpha value is -0.370. The smallest absolute Gasteiger partial charge is 0.0775 e. The van der Waals surface area contributed by atoms with E-state index in [1.165, 1.54) is 0 Å². The number of nitrogens with two attached hydrogens (primary N) is 1. The van der Waals surface area contributed by atoms with Crippen molar-refractivity contribution in [2.45, 2.75) is 18.9 Å². The molecule has 0 radical (unpaired) electrons. The fourth-order valence-corrected chi connectivity index (χ4v) is 2.95. The van der Waals surface area contributed by atoms with Crippen molar-refractivity contribution in [2.24, 2.45) is 11.1 Å². The standard InChI is InChI=1S/C9H9BrN2S/c10-6-3-7(13-4-6)8(12)9(5-11)1-2-9/h3-4,8H,1-2,12H2. The van der Waals surface area contributed by atoms with Gasteiger partial charge in [0.15, 0.2) is 0 Å². The molecule has 1 aliphatic rings. The van der Waals surface area contributed by atoms with Crippen molar-refractivity contribution in [3.8, 4) is 6.07 Å². The summed E-state index contributed by atoms with van der Waals surface area (Å²) in [6.45, 7) is 0. The van der Waals surface area contributed by atoms with Gasteiger partial charge in [-0.1, -0.05) is 0 Å². The molecule has 0 saturated heterocycles. The van der Waals surface area contributed by atoms with Crippen molar-refractivity contribution in [2.75, 3.05) is 0 Å². The predicted octanol–water partition coefficient (Wildman–Crippen LogP) is 2.81. The summed E-state index contributed by atoms with van der Waals surface area (Å²) in [6.07, 6.45) is 1.89. The fraction of sp³-hybridized carbons (Fsp3) is 0.444. The van der Waals surface area contributed by atoms with Gasteiger partial charge in [0.2, 0.25) is 0 Å². The Labute approximate surface area is 89.5 Å². The van der Waals surface area contributed by atoms with Crippen LogP contribution in [0.3, 0.4) is 0 Å². The minimum absolute atomic E-state index is 0.103. The van der Waals surface area contributed by atoms with Crippen molar-refractivity contribution >= 4 is 27.3 Å². The van der Waals surface area contributed by atoms with Crippen LogP contribution >= 0.6 is 27.3 Å². The second-order valence-corrected chi connectivity index (χ2v) is 5.27. The zero-order valence-electron chi connectivity index (χ0n) is 6.96. The Morgan fingerprint density at radius 2 is 2.38 bits per heavy atom. The van der Waals surface area contributed by atoms with E-state index < -0.39 is 0 Å². The van der Waals surface area contributed by atoms with Gasteiger partial charge in [-0.2, -0.15) is 5.26 Å². The van der Waals surface area contributed by atoms with Gasteiger partial charge in [-0.25, -0.2) is 0 Å². The van der Waals surface area contributed by atoms with Crippen LogP contribution in [0.25, 0.3) is 0 Å². The molecular formula is C9H9BrN2S.